The van der Waals surface area contributed by atoms with Crippen LogP contribution in [0.4, 0.5) is 27.6 Å². The second kappa shape index (κ2) is 4.75. The summed E-state index contributed by atoms with van der Waals surface area (Å²) < 4.78 is 66.8. The Morgan fingerprint density at radius 2 is 2.00 bits per heavy atom. The number of hydrogen-bond donors (Lipinski definition) is 1. The maximum absolute atomic E-state index is 12.6. The summed E-state index contributed by atoms with van der Waals surface area (Å²) in [6.07, 6.45) is -8.40. The molecule has 0 amide bonds. The van der Waals surface area contributed by atoms with E-state index >= 15 is 0 Å². The molecule has 0 fully saturated rings. The van der Waals surface area contributed by atoms with Gasteiger partial charge < -0.3 is 10.5 Å². The van der Waals surface area contributed by atoms with Gasteiger partial charge in [-0.1, -0.05) is 0 Å². The fourth-order valence-corrected chi connectivity index (χ4v) is 1.26. The van der Waals surface area contributed by atoms with Crippen LogP contribution >= 0.6 is 0 Å². The number of rotatable bonds is 2. The minimum atomic E-state index is -5.04. The molecule has 4 nitrogen and oxygen atoms in total. The fraction of sp³-hybridized carbons (Fsp3) is 0.333. The lowest BCUT2D eigenvalue weighted by Gasteiger charge is -2.15. The highest BCUT2D eigenvalue weighted by Gasteiger charge is 2.38. The third-order valence-electron chi connectivity index (χ3n) is 2.06. The normalized spacial score (nSPS) is 11.7. The van der Waals surface area contributed by atoms with E-state index in [9.17, 15) is 26.7 Å². The second-order valence-electron chi connectivity index (χ2n) is 3.14. The van der Waals surface area contributed by atoms with Crippen molar-refractivity contribution in [1.82, 2.24) is 4.98 Å². The first-order chi connectivity index (χ1) is 8.20. The van der Waals surface area contributed by atoms with Crippen molar-refractivity contribution in [3.05, 3.63) is 23.0 Å². The van der Waals surface area contributed by atoms with Crippen LogP contribution < -0.4 is 5.73 Å². The molecule has 0 aliphatic heterocycles. The van der Waals surface area contributed by atoms with Gasteiger partial charge in [0.1, 0.15) is 0 Å². The van der Waals surface area contributed by atoms with Crippen molar-refractivity contribution in [2.75, 3.05) is 12.8 Å². The van der Waals surface area contributed by atoms with Crippen LogP contribution in [-0.4, -0.2) is 18.1 Å². The summed E-state index contributed by atoms with van der Waals surface area (Å²) in [5.41, 5.74) is 0.150. The quantitative estimate of drug-likeness (QED) is 0.662. The van der Waals surface area contributed by atoms with Gasteiger partial charge in [-0.3, -0.25) is 0 Å². The first-order valence-corrected chi connectivity index (χ1v) is 4.42. The van der Waals surface area contributed by atoms with Gasteiger partial charge >= 0.3 is 12.1 Å². The Hall–Kier alpha value is -1.93. The first-order valence-electron chi connectivity index (χ1n) is 4.42. The topological polar surface area (TPSA) is 65.2 Å². The van der Waals surface area contributed by atoms with Gasteiger partial charge in [0, 0.05) is 6.20 Å². The van der Waals surface area contributed by atoms with Crippen LogP contribution in [0.3, 0.4) is 0 Å². The van der Waals surface area contributed by atoms with Crippen LogP contribution in [0.5, 0.6) is 0 Å². The SMILES string of the molecule is COC(=O)c1ncc(C(F)(F)F)c(C(F)F)c1N. The summed E-state index contributed by atoms with van der Waals surface area (Å²) in [6, 6.07) is 0. The number of esters is 1. The number of aromatic nitrogens is 1. The number of methoxy groups -OCH3 is 1. The molecule has 0 saturated carbocycles. The molecule has 1 aromatic heterocycles. The zero-order chi connectivity index (χ0) is 14.1. The standard InChI is InChI=1S/C9H7F5N2O2/c1-18-8(17)6-5(15)4(7(10)11)3(2-16-6)9(12,13)14/h2,7H,15H2,1H3. The Kier molecular flexibility index (Phi) is 3.73. The van der Waals surface area contributed by atoms with Crippen molar-refractivity contribution < 1.29 is 31.5 Å². The van der Waals surface area contributed by atoms with Gasteiger partial charge in [-0.05, 0) is 0 Å². The lowest BCUT2D eigenvalue weighted by Crippen LogP contribution is -2.17. The van der Waals surface area contributed by atoms with E-state index in [4.69, 9.17) is 5.73 Å². The molecule has 0 saturated heterocycles. The second-order valence-corrected chi connectivity index (χ2v) is 3.14. The average molecular weight is 270 g/mol. The number of carbonyl (C=O) groups excluding carboxylic acids is 1. The fourth-order valence-electron chi connectivity index (χ4n) is 1.26. The van der Waals surface area contributed by atoms with Crippen molar-refractivity contribution in [3.63, 3.8) is 0 Å². The Bertz CT molecular complexity index is 473. The van der Waals surface area contributed by atoms with E-state index < -0.39 is 41.1 Å². The highest BCUT2D eigenvalue weighted by molar-refractivity contribution is 5.93. The number of nitrogens with two attached hydrogens (primary N) is 1. The van der Waals surface area contributed by atoms with Gasteiger partial charge in [-0.15, -0.1) is 0 Å². The lowest BCUT2D eigenvalue weighted by atomic mass is 10.1. The number of pyridine rings is 1. The van der Waals surface area contributed by atoms with E-state index in [1.165, 1.54) is 0 Å². The molecule has 18 heavy (non-hydrogen) atoms. The number of hydrogen-bond acceptors (Lipinski definition) is 4. The van der Waals surface area contributed by atoms with Crippen LogP contribution in [0.25, 0.3) is 0 Å². The van der Waals surface area contributed by atoms with E-state index in [2.05, 4.69) is 9.72 Å². The van der Waals surface area contributed by atoms with Gasteiger partial charge in [-0.2, -0.15) is 13.2 Å². The van der Waals surface area contributed by atoms with Crippen molar-refractivity contribution in [1.29, 1.82) is 0 Å². The third kappa shape index (κ3) is 2.49. The van der Waals surface area contributed by atoms with Crippen LogP contribution in [-0.2, 0) is 10.9 Å². The predicted octanol–water partition coefficient (Wildman–Crippen LogP) is 2.41. The molecule has 0 radical (unpaired) electrons. The van der Waals surface area contributed by atoms with Gasteiger partial charge in [0.25, 0.3) is 6.43 Å². The zero-order valence-electron chi connectivity index (χ0n) is 8.89. The summed E-state index contributed by atoms with van der Waals surface area (Å²) in [5, 5.41) is 0. The molecular formula is C9H7F5N2O2. The monoisotopic (exact) mass is 270 g/mol. The number of ether oxygens (including phenoxy) is 1. The number of carbonyl (C=O) groups is 1. The minimum Gasteiger partial charge on any atom is -0.464 e. The molecule has 2 N–H and O–H groups in total. The highest BCUT2D eigenvalue weighted by atomic mass is 19.4. The molecule has 0 spiro atoms. The molecule has 9 heteroatoms. The smallest absolute Gasteiger partial charge is 0.418 e. The first kappa shape index (κ1) is 14.1. The van der Waals surface area contributed by atoms with Crippen LogP contribution in [0.1, 0.15) is 28.0 Å². The van der Waals surface area contributed by atoms with Crippen molar-refractivity contribution >= 4 is 11.7 Å². The predicted molar refractivity (Wildman–Crippen MR) is 49.9 cm³/mol. The van der Waals surface area contributed by atoms with Crippen LogP contribution in [0, 0.1) is 0 Å². The molecule has 100 valence electrons. The lowest BCUT2D eigenvalue weighted by molar-refractivity contribution is -0.139. The molecule has 0 aromatic carbocycles. The van der Waals surface area contributed by atoms with E-state index in [-0.39, 0.29) is 6.20 Å². The molecule has 0 aliphatic rings. The van der Waals surface area contributed by atoms with Gasteiger partial charge in [0.15, 0.2) is 5.69 Å². The van der Waals surface area contributed by atoms with E-state index in [0.29, 0.717) is 0 Å². The van der Waals surface area contributed by atoms with Gasteiger partial charge in [0.05, 0.1) is 23.9 Å². The maximum Gasteiger partial charge on any atom is 0.418 e. The zero-order valence-corrected chi connectivity index (χ0v) is 8.89. The van der Waals surface area contributed by atoms with Crippen LogP contribution in [0.15, 0.2) is 6.20 Å². The van der Waals surface area contributed by atoms with Gasteiger partial charge in [0.2, 0.25) is 0 Å². The molecule has 0 unspecified atom stereocenters. The summed E-state index contributed by atoms with van der Waals surface area (Å²) in [4.78, 5) is 14.2. The Morgan fingerprint density at radius 3 is 2.39 bits per heavy atom. The molecule has 1 aromatic rings. The Balaban J connectivity index is 3.53. The summed E-state index contributed by atoms with van der Waals surface area (Å²) in [5.74, 6) is -1.19. The van der Waals surface area contributed by atoms with E-state index in [1.807, 2.05) is 0 Å². The Morgan fingerprint density at radius 1 is 1.44 bits per heavy atom. The maximum atomic E-state index is 12.6. The van der Waals surface area contributed by atoms with Crippen LogP contribution in [0.2, 0.25) is 0 Å². The molecule has 0 bridgehead atoms. The number of halogens is 5. The molecular weight excluding hydrogens is 263 g/mol. The third-order valence-corrected chi connectivity index (χ3v) is 2.06. The molecule has 0 aliphatic carbocycles. The number of nitrogen functional groups attached to an aromatic ring is 1. The largest absolute Gasteiger partial charge is 0.464 e. The van der Waals surface area contributed by atoms with Crippen molar-refractivity contribution in [2.45, 2.75) is 12.6 Å². The van der Waals surface area contributed by atoms with Crippen molar-refractivity contribution in [2.24, 2.45) is 0 Å². The summed E-state index contributed by atoms with van der Waals surface area (Å²) in [7, 11) is 0.920. The van der Waals surface area contributed by atoms with Crippen molar-refractivity contribution in [3.8, 4) is 0 Å². The minimum absolute atomic E-state index is 0.129. The molecule has 0 atom stereocenters. The number of alkyl halides is 5. The van der Waals surface area contributed by atoms with Gasteiger partial charge in [-0.25, -0.2) is 18.6 Å². The average Bonchev–Trinajstić information content (AvgIpc) is 2.25. The number of anilines is 1. The highest BCUT2D eigenvalue weighted by Crippen LogP contribution is 2.39. The summed E-state index contributed by atoms with van der Waals surface area (Å²) in [6.45, 7) is 0. The molecule has 1 heterocycles. The van der Waals surface area contributed by atoms with E-state index in [0.717, 1.165) is 7.11 Å². The summed E-state index contributed by atoms with van der Waals surface area (Å²) >= 11 is 0. The van der Waals surface area contributed by atoms with E-state index in [1.54, 1.807) is 0 Å². The Labute approximate surface area is 97.6 Å². The number of nitrogens with zero attached hydrogens (tertiary/aromatic N) is 1. The molecule has 1 rings (SSSR count).